The van der Waals surface area contributed by atoms with Gasteiger partial charge in [0.25, 0.3) is 5.56 Å². The summed E-state index contributed by atoms with van der Waals surface area (Å²) < 4.78 is 6.37. The maximum atomic E-state index is 12.4. The molecule has 1 aromatic carbocycles. The molecular weight excluding hydrogens is 258 g/mol. The Hall–Kier alpha value is -2.08. The molecule has 2 N–H and O–H groups in total. The van der Waals surface area contributed by atoms with Gasteiger partial charge >= 0.3 is 5.69 Å². The fourth-order valence-electron chi connectivity index (χ4n) is 2.66. The molecule has 3 rings (SSSR count). The van der Waals surface area contributed by atoms with E-state index in [2.05, 4.69) is 10.3 Å². The van der Waals surface area contributed by atoms with E-state index in [0.717, 1.165) is 19.4 Å². The number of nitrogens with one attached hydrogen (secondary N) is 2. The van der Waals surface area contributed by atoms with E-state index in [9.17, 15) is 9.59 Å². The highest BCUT2D eigenvalue weighted by Gasteiger charge is 2.17. The van der Waals surface area contributed by atoms with Crippen LogP contribution in [-0.2, 0) is 6.54 Å². The van der Waals surface area contributed by atoms with Crippen LogP contribution in [0.3, 0.4) is 0 Å². The molecule has 1 fully saturated rings. The van der Waals surface area contributed by atoms with Gasteiger partial charge in [0, 0.05) is 18.7 Å². The van der Waals surface area contributed by atoms with Crippen molar-refractivity contribution in [2.45, 2.75) is 25.4 Å². The van der Waals surface area contributed by atoms with Crippen molar-refractivity contribution in [1.29, 1.82) is 0 Å². The summed E-state index contributed by atoms with van der Waals surface area (Å²) in [7, 11) is 1.55. The summed E-state index contributed by atoms with van der Waals surface area (Å²) in [5.74, 6) is 0.614. The zero-order valence-electron chi connectivity index (χ0n) is 11.3. The Morgan fingerprint density at radius 2 is 2.25 bits per heavy atom. The molecule has 2 heterocycles. The van der Waals surface area contributed by atoms with Crippen LogP contribution in [0.15, 0.2) is 27.8 Å². The molecule has 1 unspecified atom stereocenters. The van der Waals surface area contributed by atoms with Gasteiger partial charge in [-0.15, -0.1) is 0 Å². The molecule has 2 aromatic rings. The number of fused-ring (bicyclic) bond motifs is 1. The molecule has 0 saturated carbocycles. The minimum absolute atomic E-state index is 0.199. The molecule has 0 radical (unpaired) electrons. The summed E-state index contributed by atoms with van der Waals surface area (Å²) in [6, 6.07) is 5.27. The van der Waals surface area contributed by atoms with Gasteiger partial charge in [0.15, 0.2) is 0 Å². The average molecular weight is 275 g/mol. The molecule has 106 valence electrons. The minimum atomic E-state index is -0.371. The normalized spacial score (nSPS) is 18.6. The Labute approximate surface area is 115 Å². The second-order valence-corrected chi connectivity index (χ2v) is 5.05. The highest BCUT2D eigenvalue weighted by atomic mass is 16.5. The predicted molar refractivity (Wildman–Crippen MR) is 76.4 cm³/mol. The van der Waals surface area contributed by atoms with Gasteiger partial charge in [0.1, 0.15) is 5.75 Å². The number of H-pyrrole nitrogens is 1. The van der Waals surface area contributed by atoms with Gasteiger partial charge in [-0.3, -0.25) is 9.36 Å². The molecule has 1 aliphatic rings. The topological polar surface area (TPSA) is 76.1 Å². The number of ether oxygens (including phenoxy) is 1. The highest BCUT2D eigenvalue weighted by Crippen LogP contribution is 2.15. The number of rotatable bonds is 3. The van der Waals surface area contributed by atoms with Gasteiger partial charge in [-0.25, -0.2) is 4.79 Å². The number of aromatic nitrogens is 2. The van der Waals surface area contributed by atoms with Crippen LogP contribution < -0.4 is 21.3 Å². The summed E-state index contributed by atoms with van der Waals surface area (Å²) in [4.78, 5) is 27.2. The van der Waals surface area contributed by atoms with Crippen molar-refractivity contribution in [2.75, 3.05) is 13.7 Å². The van der Waals surface area contributed by atoms with Crippen LogP contribution in [0, 0.1) is 0 Å². The molecule has 6 nitrogen and oxygen atoms in total. The van der Waals surface area contributed by atoms with Crippen molar-refractivity contribution in [3.63, 3.8) is 0 Å². The molecule has 1 aromatic heterocycles. The second-order valence-electron chi connectivity index (χ2n) is 5.05. The minimum Gasteiger partial charge on any atom is -0.497 e. The molecule has 20 heavy (non-hydrogen) atoms. The molecule has 6 heteroatoms. The first-order chi connectivity index (χ1) is 9.69. The first-order valence-electron chi connectivity index (χ1n) is 6.73. The highest BCUT2D eigenvalue weighted by molar-refractivity contribution is 5.78. The van der Waals surface area contributed by atoms with Crippen molar-refractivity contribution < 1.29 is 4.74 Å². The van der Waals surface area contributed by atoms with Gasteiger partial charge in [-0.05, 0) is 31.5 Å². The Morgan fingerprint density at radius 3 is 2.95 bits per heavy atom. The number of aromatic amines is 1. The van der Waals surface area contributed by atoms with Crippen LogP contribution in [0.2, 0.25) is 0 Å². The van der Waals surface area contributed by atoms with E-state index in [1.807, 2.05) is 0 Å². The Kier molecular flexibility index (Phi) is 3.31. The van der Waals surface area contributed by atoms with Crippen LogP contribution in [-0.4, -0.2) is 29.2 Å². The molecule has 0 amide bonds. The van der Waals surface area contributed by atoms with E-state index in [1.54, 1.807) is 25.3 Å². The summed E-state index contributed by atoms with van der Waals surface area (Å²) in [5, 5.41) is 3.80. The fourth-order valence-corrected chi connectivity index (χ4v) is 2.66. The molecular formula is C14H17N3O3. The van der Waals surface area contributed by atoms with Crippen LogP contribution in [0.25, 0.3) is 10.9 Å². The summed E-state index contributed by atoms with van der Waals surface area (Å²) in [5.41, 5.74) is -0.112. The van der Waals surface area contributed by atoms with Gasteiger partial charge < -0.3 is 15.0 Å². The predicted octanol–water partition coefficient (Wildman–Crippen LogP) is 0.450. The van der Waals surface area contributed by atoms with Crippen LogP contribution in [0.4, 0.5) is 0 Å². The SMILES string of the molecule is COc1ccc2c(=O)n(CC3CCCN3)c(=O)[nH]c2c1. The Morgan fingerprint density at radius 1 is 1.40 bits per heavy atom. The first-order valence-corrected chi connectivity index (χ1v) is 6.73. The lowest BCUT2D eigenvalue weighted by Crippen LogP contribution is -2.40. The van der Waals surface area contributed by atoms with Crippen molar-refractivity contribution in [2.24, 2.45) is 0 Å². The van der Waals surface area contributed by atoms with Crippen molar-refractivity contribution >= 4 is 10.9 Å². The van der Waals surface area contributed by atoms with Crippen molar-refractivity contribution in [1.82, 2.24) is 14.9 Å². The lowest BCUT2D eigenvalue weighted by Gasteiger charge is -2.12. The van der Waals surface area contributed by atoms with E-state index in [-0.39, 0.29) is 17.3 Å². The lowest BCUT2D eigenvalue weighted by molar-refractivity contribution is 0.415. The third-order valence-electron chi connectivity index (χ3n) is 3.75. The monoisotopic (exact) mass is 275 g/mol. The molecule has 0 spiro atoms. The third-order valence-corrected chi connectivity index (χ3v) is 3.75. The van der Waals surface area contributed by atoms with Crippen molar-refractivity contribution in [3.05, 3.63) is 39.0 Å². The molecule has 1 saturated heterocycles. The number of hydrogen-bond acceptors (Lipinski definition) is 4. The van der Waals surface area contributed by atoms with Crippen LogP contribution in [0.5, 0.6) is 5.75 Å². The van der Waals surface area contributed by atoms with Crippen LogP contribution in [0.1, 0.15) is 12.8 Å². The maximum Gasteiger partial charge on any atom is 0.328 e. The number of methoxy groups -OCH3 is 1. The lowest BCUT2D eigenvalue weighted by atomic mass is 10.2. The quantitative estimate of drug-likeness (QED) is 0.853. The molecule has 0 aliphatic carbocycles. The van der Waals surface area contributed by atoms with Gasteiger partial charge in [-0.1, -0.05) is 0 Å². The Bertz CT molecular complexity index is 741. The largest absolute Gasteiger partial charge is 0.497 e. The zero-order valence-corrected chi connectivity index (χ0v) is 11.3. The summed E-state index contributed by atoms with van der Waals surface area (Å²) in [6.45, 7) is 1.36. The average Bonchev–Trinajstić information content (AvgIpc) is 2.95. The first kappa shape index (κ1) is 12.9. The maximum absolute atomic E-state index is 12.4. The van der Waals surface area contributed by atoms with E-state index in [1.165, 1.54) is 4.57 Å². The smallest absolute Gasteiger partial charge is 0.328 e. The number of nitrogens with zero attached hydrogens (tertiary/aromatic N) is 1. The molecule has 0 bridgehead atoms. The van der Waals surface area contributed by atoms with E-state index < -0.39 is 0 Å². The second kappa shape index (κ2) is 5.13. The van der Waals surface area contributed by atoms with E-state index in [0.29, 0.717) is 23.2 Å². The van der Waals surface area contributed by atoms with E-state index in [4.69, 9.17) is 4.74 Å². The number of hydrogen-bond donors (Lipinski definition) is 2. The van der Waals surface area contributed by atoms with Gasteiger partial charge in [0.2, 0.25) is 0 Å². The van der Waals surface area contributed by atoms with Crippen molar-refractivity contribution in [3.8, 4) is 5.75 Å². The third kappa shape index (κ3) is 2.22. The summed E-state index contributed by atoms with van der Waals surface area (Å²) in [6.07, 6.45) is 2.08. The summed E-state index contributed by atoms with van der Waals surface area (Å²) >= 11 is 0. The molecule has 1 atom stereocenters. The number of benzene rings is 1. The zero-order chi connectivity index (χ0) is 14.1. The van der Waals surface area contributed by atoms with Gasteiger partial charge in [-0.2, -0.15) is 0 Å². The fraction of sp³-hybridized carbons (Fsp3) is 0.429. The Balaban J connectivity index is 2.09. The van der Waals surface area contributed by atoms with Gasteiger partial charge in [0.05, 0.1) is 18.0 Å². The standard InChI is InChI=1S/C14H17N3O3/c1-20-10-4-5-11-12(7-10)16-14(19)17(13(11)18)8-9-3-2-6-15-9/h4-5,7,9,15H,2-3,6,8H2,1H3,(H,16,19). The molecule has 1 aliphatic heterocycles. The van der Waals surface area contributed by atoms with Crippen LogP contribution >= 0.6 is 0 Å². The van der Waals surface area contributed by atoms with E-state index >= 15 is 0 Å².